The second-order valence-electron chi connectivity index (χ2n) is 8.90. The standard InChI is InChI=1S/C33H24O2/c1-4-12-27-21(2)22-13-7-9-18-28(22)33(27)29-19-10-8-16-26(29)31-24(17-11-20-30(31)33)23-14-5-6-15-25(23)32(34)35-3/h4-20H,1-2H2,3H3/b27-12+. The Labute approximate surface area is 205 Å². The van der Waals surface area contributed by atoms with Crippen molar-refractivity contribution in [3.8, 4) is 22.3 Å². The molecule has 4 aromatic rings. The van der Waals surface area contributed by atoms with E-state index in [1.54, 1.807) is 0 Å². The fraction of sp³-hybridized carbons (Fsp3) is 0.0606. The maximum absolute atomic E-state index is 12.7. The lowest BCUT2D eigenvalue weighted by molar-refractivity contribution is 0.0601. The highest BCUT2D eigenvalue weighted by Gasteiger charge is 2.53. The number of ether oxygens (including phenoxy) is 1. The van der Waals surface area contributed by atoms with Crippen LogP contribution in [0.1, 0.15) is 32.6 Å². The molecule has 2 aliphatic carbocycles. The van der Waals surface area contributed by atoms with Crippen LogP contribution in [0.2, 0.25) is 0 Å². The summed E-state index contributed by atoms with van der Waals surface area (Å²) in [6, 6.07) is 31.2. The zero-order chi connectivity index (χ0) is 24.2. The summed E-state index contributed by atoms with van der Waals surface area (Å²) < 4.78 is 5.12. The number of hydrogen-bond acceptors (Lipinski definition) is 2. The van der Waals surface area contributed by atoms with Crippen molar-refractivity contribution in [2.24, 2.45) is 0 Å². The summed E-state index contributed by atoms with van der Waals surface area (Å²) >= 11 is 0. The molecular formula is C33H24O2. The molecule has 0 aromatic heterocycles. The zero-order valence-electron chi connectivity index (χ0n) is 19.5. The van der Waals surface area contributed by atoms with Crippen LogP contribution in [-0.2, 0) is 10.2 Å². The van der Waals surface area contributed by atoms with Crippen molar-refractivity contribution in [2.75, 3.05) is 7.11 Å². The molecule has 0 heterocycles. The highest BCUT2D eigenvalue weighted by molar-refractivity contribution is 6.05. The predicted octanol–water partition coefficient (Wildman–Crippen LogP) is 7.59. The Bertz CT molecular complexity index is 1590. The van der Waals surface area contributed by atoms with Gasteiger partial charge in [0.2, 0.25) is 0 Å². The van der Waals surface area contributed by atoms with Gasteiger partial charge in [0.25, 0.3) is 0 Å². The van der Waals surface area contributed by atoms with E-state index in [0.717, 1.165) is 39.0 Å². The number of methoxy groups -OCH3 is 1. The van der Waals surface area contributed by atoms with Gasteiger partial charge in [0.05, 0.1) is 18.1 Å². The molecule has 0 fully saturated rings. The summed E-state index contributed by atoms with van der Waals surface area (Å²) in [5.41, 5.74) is 11.2. The number of benzene rings is 4. The van der Waals surface area contributed by atoms with Crippen LogP contribution < -0.4 is 0 Å². The lowest BCUT2D eigenvalue weighted by Gasteiger charge is -2.31. The molecule has 168 valence electrons. The fourth-order valence-electron chi connectivity index (χ4n) is 6.07. The van der Waals surface area contributed by atoms with Crippen LogP contribution in [0.4, 0.5) is 0 Å². The maximum atomic E-state index is 12.7. The molecule has 35 heavy (non-hydrogen) atoms. The quantitative estimate of drug-likeness (QED) is 0.299. The first-order valence-corrected chi connectivity index (χ1v) is 11.7. The Kier molecular flexibility index (Phi) is 4.72. The minimum atomic E-state index is -0.496. The van der Waals surface area contributed by atoms with E-state index in [1.807, 2.05) is 30.3 Å². The summed E-state index contributed by atoms with van der Waals surface area (Å²) in [4.78, 5) is 12.7. The van der Waals surface area contributed by atoms with Gasteiger partial charge in [0, 0.05) is 0 Å². The average molecular weight is 453 g/mol. The van der Waals surface area contributed by atoms with Gasteiger partial charge in [0.15, 0.2) is 0 Å². The number of fused-ring (bicyclic) bond motifs is 7. The van der Waals surface area contributed by atoms with Gasteiger partial charge in [-0.3, -0.25) is 0 Å². The van der Waals surface area contributed by atoms with E-state index in [0.29, 0.717) is 5.56 Å². The van der Waals surface area contributed by atoms with E-state index in [4.69, 9.17) is 4.74 Å². The first-order chi connectivity index (χ1) is 17.1. The van der Waals surface area contributed by atoms with E-state index >= 15 is 0 Å². The van der Waals surface area contributed by atoms with Crippen LogP contribution >= 0.6 is 0 Å². The van der Waals surface area contributed by atoms with E-state index in [2.05, 4.69) is 86.0 Å². The molecular weight excluding hydrogens is 428 g/mol. The van der Waals surface area contributed by atoms with Crippen molar-refractivity contribution in [3.05, 3.63) is 150 Å². The van der Waals surface area contributed by atoms with Crippen LogP contribution in [-0.4, -0.2) is 13.1 Å². The molecule has 0 bridgehead atoms. The lowest BCUT2D eigenvalue weighted by Crippen LogP contribution is -2.26. The predicted molar refractivity (Wildman–Crippen MR) is 142 cm³/mol. The number of allylic oxidation sites excluding steroid dienone is 4. The van der Waals surface area contributed by atoms with Crippen LogP contribution in [0.15, 0.2) is 122 Å². The van der Waals surface area contributed by atoms with Gasteiger partial charge < -0.3 is 4.74 Å². The Morgan fingerprint density at radius 1 is 0.743 bits per heavy atom. The van der Waals surface area contributed by atoms with E-state index < -0.39 is 5.41 Å². The van der Waals surface area contributed by atoms with Gasteiger partial charge in [-0.2, -0.15) is 0 Å². The van der Waals surface area contributed by atoms with Crippen molar-refractivity contribution >= 4 is 11.5 Å². The number of hydrogen-bond donors (Lipinski definition) is 0. The third-order valence-corrected chi connectivity index (χ3v) is 7.36. The minimum absolute atomic E-state index is 0.342. The molecule has 0 N–H and O–H groups in total. The van der Waals surface area contributed by atoms with E-state index in [9.17, 15) is 4.79 Å². The van der Waals surface area contributed by atoms with Gasteiger partial charge in [-0.1, -0.05) is 110 Å². The second kappa shape index (κ2) is 7.82. The van der Waals surface area contributed by atoms with Gasteiger partial charge in [-0.05, 0) is 61.7 Å². The molecule has 0 saturated carbocycles. The normalized spacial score (nSPS) is 18.3. The summed E-state index contributed by atoms with van der Waals surface area (Å²) in [6.45, 7) is 8.54. The molecule has 0 saturated heterocycles. The summed E-state index contributed by atoms with van der Waals surface area (Å²) in [5.74, 6) is -0.342. The lowest BCUT2D eigenvalue weighted by atomic mass is 9.70. The molecule has 1 spiro atoms. The Morgan fingerprint density at radius 2 is 1.31 bits per heavy atom. The van der Waals surface area contributed by atoms with Crippen molar-refractivity contribution in [1.29, 1.82) is 0 Å². The average Bonchev–Trinajstić information content (AvgIpc) is 3.35. The largest absolute Gasteiger partial charge is 0.465 e. The summed E-state index contributed by atoms with van der Waals surface area (Å²) in [7, 11) is 1.42. The molecule has 0 amide bonds. The Morgan fingerprint density at radius 3 is 2.03 bits per heavy atom. The van der Waals surface area contributed by atoms with Crippen LogP contribution in [0, 0.1) is 0 Å². The van der Waals surface area contributed by atoms with Crippen molar-refractivity contribution in [2.45, 2.75) is 5.41 Å². The first-order valence-electron chi connectivity index (χ1n) is 11.7. The Hall–Kier alpha value is -4.43. The smallest absolute Gasteiger partial charge is 0.338 e. The van der Waals surface area contributed by atoms with Crippen molar-refractivity contribution < 1.29 is 9.53 Å². The highest BCUT2D eigenvalue weighted by Crippen LogP contribution is 2.64. The van der Waals surface area contributed by atoms with Gasteiger partial charge in [-0.25, -0.2) is 4.79 Å². The van der Waals surface area contributed by atoms with Gasteiger partial charge in [-0.15, -0.1) is 0 Å². The van der Waals surface area contributed by atoms with E-state index in [-0.39, 0.29) is 5.97 Å². The summed E-state index contributed by atoms with van der Waals surface area (Å²) in [6.07, 6.45) is 3.95. The molecule has 2 heteroatoms. The van der Waals surface area contributed by atoms with Gasteiger partial charge >= 0.3 is 5.97 Å². The fourth-order valence-corrected chi connectivity index (χ4v) is 6.07. The molecule has 0 radical (unpaired) electrons. The SMILES string of the molecule is C=C/C=C1\C(=C)c2ccccc2C12c1ccccc1-c1c(-c3ccccc3C(=O)OC)cccc12. The number of esters is 1. The Balaban J connectivity index is 1.77. The number of carbonyl (C=O) groups is 1. The molecule has 6 rings (SSSR count). The van der Waals surface area contributed by atoms with Gasteiger partial charge in [0.1, 0.15) is 0 Å². The molecule has 1 atom stereocenters. The first kappa shape index (κ1) is 21.1. The highest BCUT2D eigenvalue weighted by atomic mass is 16.5. The van der Waals surface area contributed by atoms with Crippen LogP contribution in [0.5, 0.6) is 0 Å². The zero-order valence-corrected chi connectivity index (χ0v) is 19.5. The maximum Gasteiger partial charge on any atom is 0.338 e. The monoisotopic (exact) mass is 452 g/mol. The topological polar surface area (TPSA) is 26.3 Å². The number of carbonyl (C=O) groups excluding carboxylic acids is 1. The van der Waals surface area contributed by atoms with E-state index in [1.165, 1.54) is 23.8 Å². The van der Waals surface area contributed by atoms with Crippen LogP contribution in [0.25, 0.3) is 27.8 Å². The molecule has 2 aliphatic rings. The molecule has 4 aromatic carbocycles. The summed E-state index contributed by atoms with van der Waals surface area (Å²) in [5, 5.41) is 0. The van der Waals surface area contributed by atoms with Crippen molar-refractivity contribution in [1.82, 2.24) is 0 Å². The molecule has 0 aliphatic heterocycles. The molecule has 1 unspecified atom stereocenters. The molecule has 2 nitrogen and oxygen atoms in total. The third-order valence-electron chi connectivity index (χ3n) is 7.36. The minimum Gasteiger partial charge on any atom is -0.465 e. The van der Waals surface area contributed by atoms with Crippen molar-refractivity contribution in [3.63, 3.8) is 0 Å². The number of rotatable bonds is 3. The second-order valence-corrected chi connectivity index (χ2v) is 8.90. The third kappa shape index (κ3) is 2.68. The van der Waals surface area contributed by atoms with Crippen LogP contribution in [0.3, 0.4) is 0 Å².